The van der Waals surface area contributed by atoms with Crippen LogP contribution in [0.3, 0.4) is 0 Å². The average molecular weight is 639 g/mol. The van der Waals surface area contributed by atoms with Crippen molar-refractivity contribution in [2.45, 2.75) is 13.5 Å². The zero-order valence-corrected chi connectivity index (χ0v) is 22.8. The van der Waals surface area contributed by atoms with E-state index in [-0.39, 0.29) is 17.2 Å². The lowest BCUT2D eigenvalue weighted by molar-refractivity contribution is -0.122. The Hall–Kier alpha value is -2.65. The first-order valence-electron chi connectivity index (χ1n) is 10.2. The predicted octanol–water partition coefficient (Wildman–Crippen LogP) is 7.07. The molecule has 0 atom stereocenters. The molecule has 3 aromatic carbocycles. The molecule has 178 valence electrons. The fourth-order valence-corrected chi connectivity index (χ4v) is 4.82. The van der Waals surface area contributed by atoms with Crippen LogP contribution >= 0.6 is 55.1 Å². The minimum Gasteiger partial charge on any atom is -0.486 e. The number of anilines is 1. The normalized spacial score (nSPS) is 14.9. The lowest BCUT2D eigenvalue weighted by atomic mass is 10.1. The first-order valence-corrected chi connectivity index (χ1v) is 12.5. The highest BCUT2D eigenvalue weighted by atomic mass is 79.9. The molecule has 0 bridgehead atoms. The molecular weight excluding hydrogens is 623 g/mol. The Bertz CT molecular complexity index is 1380. The number of nitrogens with zero attached hydrogens (tertiary/aromatic N) is 1. The summed E-state index contributed by atoms with van der Waals surface area (Å²) in [7, 11) is 0. The van der Waals surface area contributed by atoms with Crippen molar-refractivity contribution in [1.29, 1.82) is 0 Å². The van der Waals surface area contributed by atoms with Crippen molar-refractivity contribution < 1.29 is 19.1 Å². The summed E-state index contributed by atoms with van der Waals surface area (Å²) in [4.78, 5) is 39.0. The Kier molecular flexibility index (Phi) is 7.66. The van der Waals surface area contributed by atoms with E-state index in [4.69, 9.17) is 27.9 Å². The molecule has 6 nitrogen and oxygen atoms in total. The van der Waals surface area contributed by atoms with Crippen LogP contribution in [-0.4, -0.2) is 17.8 Å². The number of hydrogen-bond acceptors (Lipinski definition) is 4. The molecule has 1 N–H and O–H groups in total. The highest BCUT2D eigenvalue weighted by Gasteiger charge is 2.37. The Balaban J connectivity index is 1.62. The summed E-state index contributed by atoms with van der Waals surface area (Å²) in [6.45, 7) is 2.03. The summed E-state index contributed by atoms with van der Waals surface area (Å²) >= 11 is 19.4. The van der Waals surface area contributed by atoms with Crippen molar-refractivity contribution in [3.8, 4) is 5.75 Å². The number of halogens is 4. The number of urea groups is 1. The maximum Gasteiger partial charge on any atom is 0.335 e. The Labute approximate surface area is 228 Å². The van der Waals surface area contributed by atoms with Gasteiger partial charge in [-0.05, 0) is 76.5 Å². The van der Waals surface area contributed by atoms with E-state index in [1.54, 1.807) is 36.4 Å². The van der Waals surface area contributed by atoms with Crippen LogP contribution in [0.5, 0.6) is 5.75 Å². The van der Waals surface area contributed by atoms with Gasteiger partial charge in [0.05, 0.1) is 15.2 Å². The molecule has 4 amide bonds. The monoisotopic (exact) mass is 636 g/mol. The molecule has 1 aliphatic rings. The van der Waals surface area contributed by atoms with Gasteiger partial charge in [0.15, 0.2) is 5.75 Å². The number of rotatable bonds is 5. The van der Waals surface area contributed by atoms with Crippen molar-refractivity contribution in [2.75, 3.05) is 4.90 Å². The second-order valence-corrected chi connectivity index (χ2v) is 10.1. The van der Waals surface area contributed by atoms with Crippen LogP contribution in [0.2, 0.25) is 10.0 Å². The van der Waals surface area contributed by atoms with Crippen molar-refractivity contribution in [2.24, 2.45) is 0 Å². The van der Waals surface area contributed by atoms with Crippen molar-refractivity contribution in [1.82, 2.24) is 5.32 Å². The van der Waals surface area contributed by atoms with Crippen molar-refractivity contribution in [3.05, 3.63) is 95.9 Å². The first kappa shape index (κ1) is 25.4. The number of benzene rings is 3. The Morgan fingerprint density at radius 2 is 1.71 bits per heavy atom. The lowest BCUT2D eigenvalue weighted by Crippen LogP contribution is -2.54. The number of nitrogens with one attached hydrogen (secondary N) is 1. The van der Waals surface area contributed by atoms with Gasteiger partial charge in [0.25, 0.3) is 11.8 Å². The zero-order chi connectivity index (χ0) is 25.3. The van der Waals surface area contributed by atoms with E-state index < -0.39 is 17.8 Å². The number of carbonyl (C=O) groups excluding carboxylic acids is 3. The van der Waals surface area contributed by atoms with Gasteiger partial charge in [-0.1, -0.05) is 57.3 Å². The average Bonchev–Trinajstić information content (AvgIpc) is 2.79. The van der Waals surface area contributed by atoms with Gasteiger partial charge in [-0.25, -0.2) is 9.69 Å². The first-order chi connectivity index (χ1) is 16.7. The molecular formula is C25H16Br2Cl2N2O4. The van der Waals surface area contributed by atoms with Crippen LogP contribution in [0.25, 0.3) is 6.08 Å². The van der Waals surface area contributed by atoms with E-state index >= 15 is 0 Å². The summed E-state index contributed by atoms with van der Waals surface area (Å²) in [5, 5.41) is 3.05. The summed E-state index contributed by atoms with van der Waals surface area (Å²) < 4.78 is 7.19. The number of carbonyl (C=O) groups is 3. The van der Waals surface area contributed by atoms with E-state index in [9.17, 15) is 14.4 Å². The van der Waals surface area contributed by atoms with E-state index in [0.29, 0.717) is 26.5 Å². The molecule has 0 radical (unpaired) electrons. The van der Waals surface area contributed by atoms with Gasteiger partial charge >= 0.3 is 6.03 Å². The number of barbiturate groups is 1. The van der Waals surface area contributed by atoms with Gasteiger partial charge in [-0.3, -0.25) is 14.9 Å². The van der Waals surface area contributed by atoms with Gasteiger partial charge in [-0.2, -0.15) is 0 Å². The number of amides is 4. The number of imide groups is 2. The van der Waals surface area contributed by atoms with Gasteiger partial charge in [-0.15, -0.1) is 0 Å². The van der Waals surface area contributed by atoms with E-state index in [1.165, 1.54) is 6.08 Å². The Morgan fingerprint density at radius 3 is 2.40 bits per heavy atom. The molecule has 0 saturated carbocycles. The van der Waals surface area contributed by atoms with Crippen LogP contribution < -0.4 is 15.0 Å². The van der Waals surface area contributed by atoms with E-state index in [1.807, 2.05) is 25.1 Å². The van der Waals surface area contributed by atoms with Crippen LogP contribution in [0.15, 0.2) is 69.1 Å². The second-order valence-electron chi connectivity index (χ2n) is 7.59. The van der Waals surface area contributed by atoms with Crippen LogP contribution in [-0.2, 0) is 16.2 Å². The third-order valence-corrected chi connectivity index (χ3v) is 7.29. The minimum atomic E-state index is -0.818. The molecule has 35 heavy (non-hydrogen) atoms. The predicted molar refractivity (Wildman–Crippen MR) is 143 cm³/mol. The fraction of sp³-hybridized carbons (Fsp3) is 0.0800. The van der Waals surface area contributed by atoms with Gasteiger partial charge in [0, 0.05) is 15.1 Å². The molecule has 0 unspecified atom stereocenters. The molecule has 0 aliphatic carbocycles. The topological polar surface area (TPSA) is 75.7 Å². The van der Waals surface area contributed by atoms with Crippen LogP contribution in [0, 0.1) is 6.92 Å². The molecule has 0 spiro atoms. The van der Waals surface area contributed by atoms with Crippen LogP contribution in [0.4, 0.5) is 10.5 Å². The molecule has 1 heterocycles. The van der Waals surface area contributed by atoms with Gasteiger partial charge in [0.1, 0.15) is 12.2 Å². The molecule has 0 aromatic heterocycles. The molecule has 1 fully saturated rings. The molecule has 10 heteroatoms. The standard InChI is InChI=1S/C25H16Br2Cl2N2O4/c1-13-8-16(6-7-18(13)26)31-24(33)17(23(32)30-25(31)34)9-14-10-19(27)22(21(29)11-14)35-12-15-4-2-3-5-20(15)28/h2-11H,12H2,1H3,(H,30,32,34)/b17-9+. The second kappa shape index (κ2) is 10.5. The van der Waals surface area contributed by atoms with Gasteiger partial charge in [0.2, 0.25) is 0 Å². The molecule has 4 rings (SSSR count). The Morgan fingerprint density at radius 1 is 0.971 bits per heavy atom. The maximum atomic E-state index is 13.2. The highest BCUT2D eigenvalue weighted by Crippen LogP contribution is 2.36. The van der Waals surface area contributed by atoms with Gasteiger partial charge < -0.3 is 4.74 Å². The number of hydrogen-bond donors (Lipinski definition) is 1. The third kappa shape index (κ3) is 5.46. The van der Waals surface area contributed by atoms with Crippen molar-refractivity contribution in [3.63, 3.8) is 0 Å². The summed E-state index contributed by atoms with van der Waals surface area (Å²) in [6, 6.07) is 14.7. The quantitative estimate of drug-likeness (QED) is 0.240. The third-order valence-electron chi connectivity index (χ3n) is 5.16. The summed E-state index contributed by atoms with van der Waals surface area (Å²) in [5.74, 6) is -1.15. The highest BCUT2D eigenvalue weighted by molar-refractivity contribution is 9.10. The molecule has 1 saturated heterocycles. The zero-order valence-electron chi connectivity index (χ0n) is 18.1. The number of ether oxygens (including phenoxy) is 1. The van der Waals surface area contributed by atoms with E-state index in [2.05, 4.69) is 37.2 Å². The smallest absolute Gasteiger partial charge is 0.335 e. The summed E-state index contributed by atoms with van der Waals surface area (Å²) in [5.41, 5.74) is 2.22. The minimum absolute atomic E-state index is 0.197. The number of aryl methyl sites for hydroxylation is 1. The van der Waals surface area contributed by atoms with Crippen LogP contribution in [0.1, 0.15) is 16.7 Å². The SMILES string of the molecule is Cc1cc(N2C(=O)NC(=O)/C(=C\c3cc(Cl)c(OCc4ccccc4Cl)c(Br)c3)C2=O)ccc1Br. The maximum absolute atomic E-state index is 13.2. The largest absolute Gasteiger partial charge is 0.486 e. The molecule has 1 aliphatic heterocycles. The van der Waals surface area contributed by atoms with E-state index in [0.717, 1.165) is 20.5 Å². The molecule has 3 aromatic rings. The lowest BCUT2D eigenvalue weighted by Gasteiger charge is -2.26. The van der Waals surface area contributed by atoms with Crippen molar-refractivity contribution >= 4 is 84.7 Å². The fourth-order valence-electron chi connectivity index (χ4n) is 3.39. The summed E-state index contributed by atoms with van der Waals surface area (Å²) in [6.07, 6.45) is 1.37.